The van der Waals surface area contributed by atoms with Crippen LogP contribution in [0.1, 0.15) is 36.0 Å². The first-order valence-electron chi connectivity index (χ1n) is 14.3. The predicted molar refractivity (Wildman–Crippen MR) is 162 cm³/mol. The van der Waals surface area contributed by atoms with E-state index in [0.29, 0.717) is 69.5 Å². The average Bonchev–Trinajstić information content (AvgIpc) is 3.66. The van der Waals surface area contributed by atoms with Crippen molar-refractivity contribution in [3.8, 4) is 23.1 Å². The number of likely N-dealkylation sites (N-methyl/N-ethyl adjacent to an activating group) is 1. The summed E-state index contributed by atoms with van der Waals surface area (Å²) in [7, 11) is 2.11. The highest BCUT2D eigenvalue weighted by Crippen LogP contribution is 2.50. The summed E-state index contributed by atoms with van der Waals surface area (Å²) in [6.45, 7) is 4.13. The maximum atomic E-state index is 15.0. The summed E-state index contributed by atoms with van der Waals surface area (Å²) in [4.78, 5) is 7.30. The molecule has 1 fully saturated rings. The first-order chi connectivity index (χ1) is 20.4. The van der Waals surface area contributed by atoms with Gasteiger partial charge in [0, 0.05) is 35.4 Å². The molecule has 1 saturated heterocycles. The summed E-state index contributed by atoms with van der Waals surface area (Å²) in [6.07, 6.45) is 3.22. The van der Waals surface area contributed by atoms with Crippen molar-refractivity contribution in [2.75, 3.05) is 39.0 Å². The standard InChI is InChI=1S/C31H29ClFN6O2S/c1-38-7-6-17(38)12-41-24-8-23(39-15-2-3-16(39)11-36-10-15)27-21-14-40-13-20(21)25(28(32)29(27)37-24)18-4-5-22(33)30-26(18)19(9-34)31(35)42-30/h4-5,8,15,17,36H,2-3,6-7,10-14,35H2,1H3/q+1/t15?,17-/m0/s1. The molecule has 8 rings (SSSR count). The molecular formula is C31H29ClFN6O2S+. The molecule has 0 spiro atoms. The fraction of sp³-hybridized carbons (Fsp3) is 0.387. The summed E-state index contributed by atoms with van der Waals surface area (Å²) in [5.74, 6) is 0.116. The molecule has 11 heteroatoms. The van der Waals surface area contributed by atoms with Crippen LogP contribution in [0, 0.1) is 17.1 Å². The number of aromatic nitrogens is 1. The van der Waals surface area contributed by atoms with Gasteiger partial charge in [-0.1, -0.05) is 17.7 Å². The van der Waals surface area contributed by atoms with Crippen LogP contribution in [0.3, 0.4) is 0 Å². The molecule has 2 aromatic carbocycles. The second kappa shape index (κ2) is 9.86. The lowest BCUT2D eigenvalue weighted by Gasteiger charge is -2.37. The van der Waals surface area contributed by atoms with Crippen molar-refractivity contribution >= 4 is 60.3 Å². The Labute approximate surface area is 251 Å². The van der Waals surface area contributed by atoms with E-state index in [0.717, 1.165) is 72.4 Å². The number of nitrogens with two attached hydrogens (primary N) is 1. The maximum Gasteiger partial charge on any atom is 0.220 e. The lowest BCUT2D eigenvalue weighted by molar-refractivity contribution is -0.477. The number of likely N-dealkylation sites (tertiary alicyclic amines) is 1. The number of nitriles is 1. The largest absolute Gasteiger partial charge is 0.476 e. The normalized spacial score (nSPS) is 21.7. The molecule has 42 heavy (non-hydrogen) atoms. The number of nitrogens with one attached hydrogen (secondary N) is 1. The fourth-order valence-electron chi connectivity index (χ4n) is 7.07. The first-order valence-corrected chi connectivity index (χ1v) is 15.5. The van der Waals surface area contributed by atoms with E-state index in [4.69, 9.17) is 31.8 Å². The van der Waals surface area contributed by atoms with Crippen molar-refractivity contribution in [1.82, 2.24) is 15.2 Å². The van der Waals surface area contributed by atoms with Crippen molar-refractivity contribution in [3.63, 3.8) is 0 Å². The van der Waals surface area contributed by atoms with Gasteiger partial charge in [0.15, 0.2) is 11.8 Å². The van der Waals surface area contributed by atoms with Crippen molar-refractivity contribution in [2.24, 2.45) is 0 Å². The third kappa shape index (κ3) is 3.81. The van der Waals surface area contributed by atoms with Gasteiger partial charge in [0.1, 0.15) is 29.0 Å². The van der Waals surface area contributed by atoms with Crippen LogP contribution in [0.25, 0.3) is 32.1 Å². The molecule has 6 heterocycles. The number of thiophene rings is 1. The van der Waals surface area contributed by atoms with Gasteiger partial charge in [-0.25, -0.2) is 9.37 Å². The monoisotopic (exact) mass is 603 g/mol. The summed E-state index contributed by atoms with van der Waals surface area (Å²) >= 11 is 8.45. The number of ether oxygens (including phenoxy) is 2. The van der Waals surface area contributed by atoms with Crippen LogP contribution in [0.15, 0.2) is 18.2 Å². The molecule has 3 N–H and O–H groups in total. The highest BCUT2D eigenvalue weighted by molar-refractivity contribution is 7.23. The van der Waals surface area contributed by atoms with Crippen LogP contribution in [0.5, 0.6) is 5.88 Å². The van der Waals surface area contributed by atoms with Gasteiger partial charge in [-0.2, -0.15) is 9.84 Å². The minimum absolute atomic E-state index is 0.262. The minimum Gasteiger partial charge on any atom is -0.476 e. The van der Waals surface area contributed by atoms with Crippen LogP contribution in [0.2, 0.25) is 5.02 Å². The number of anilines is 1. The Kier molecular flexibility index (Phi) is 6.18. The smallest absolute Gasteiger partial charge is 0.220 e. The Bertz CT molecular complexity index is 1900. The zero-order valence-electron chi connectivity index (χ0n) is 23.1. The van der Waals surface area contributed by atoms with Gasteiger partial charge in [0.25, 0.3) is 0 Å². The van der Waals surface area contributed by atoms with Gasteiger partial charge in [-0.05, 0) is 37.2 Å². The number of nitrogen functional groups attached to an aromatic ring is 1. The summed E-state index contributed by atoms with van der Waals surface area (Å²) in [5, 5.41) is 15.7. The Morgan fingerprint density at radius 1 is 1.31 bits per heavy atom. The Hall–Kier alpha value is -3.33. The van der Waals surface area contributed by atoms with Crippen LogP contribution in [0.4, 0.5) is 15.1 Å². The Morgan fingerprint density at radius 2 is 2.17 bits per heavy atom. The topological polar surface area (TPSA) is 99.4 Å². The molecule has 0 saturated carbocycles. The number of halogens is 2. The Morgan fingerprint density at radius 3 is 2.93 bits per heavy atom. The highest BCUT2D eigenvalue weighted by Gasteiger charge is 2.41. The number of rotatable bonds is 5. The van der Waals surface area contributed by atoms with Crippen LogP contribution in [-0.2, 0) is 18.0 Å². The van der Waals surface area contributed by atoms with E-state index in [-0.39, 0.29) is 10.6 Å². The van der Waals surface area contributed by atoms with Gasteiger partial charge < -0.3 is 20.5 Å². The van der Waals surface area contributed by atoms with Crippen molar-refractivity contribution in [2.45, 2.75) is 44.6 Å². The van der Waals surface area contributed by atoms with Crippen LogP contribution >= 0.6 is 22.9 Å². The first kappa shape index (κ1) is 26.3. The second-order valence-electron chi connectivity index (χ2n) is 11.6. The van der Waals surface area contributed by atoms with Crippen LogP contribution < -0.4 is 15.8 Å². The quantitative estimate of drug-likeness (QED) is 0.298. The zero-order chi connectivity index (χ0) is 28.7. The molecular weight excluding hydrogens is 575 g/mol. The minimum atomic E-state index is -0.417. The van der Waals surface area contributed by atoms with E-state index in [2.05, 4.69) is 34.0 Å². The van der Waals surface area contributed by atoms with Crippen molar-refractivity contribution in [1.29, 1.82) is 5.26 Å². The SMILES string of the molecule is CN1CC[C@H]1COc1cc([N+]2=C3CCC2CNC3)c2c3c(c(-c4ccc(F)c5sc(N)c(C#N)c45)c(Cl)c2n1)COC3. The van der Waals surface area contributed by atoms with Gasteiger partial charge in [-0.3, -0.25) is 4.90 Å². The van der Waals surface area contributed by atoms with Crippen molar-refractivity contribution in [3.05, 3.63) is 45.7 Å². The third-order valence-electron chi connectivity index (χ3n) is 9.36. The molecule has 8 nitrogen and oxygen atoms in total. The number of pyridine rings is 1. The van der Waals surface area contributed by atoms with E-state index in [1.165, 1.54) is 11.8 Å². The molecule has 4 aromatic rings. The second-order valence-corrected chi connectivity index (χ2v) is 13.0. The maximum absolute atomic E-state index is 15.0. The molecule has 2 bridgehead atoms. The third-order valence-corrected chi connectivity index (χ3v) is 10.8. The van der Waals surface area contributed by atoms with E-state index in [1.807, 2.05) is 0 Å². The summed E-state index contributed by atoms with van der Waals surface area (Å²) < 4.78 is 30.2. The average molecular weight is 604 g/mol. The number of fused-ring (bicyclic) bond motifs is 5. The predicted octanol–water partition coefficient (Wildman–Crippen LogP) is 5.33. The highest BCUT2D eigenvalue weighted by atomic mass is 35.5. The van der Waals surface area contributed by atoms with Crippen LogP contribution in [-0.4, -0.2) is 65.5 Å². The zero-order valence-corrected chi connectivity index (χ0v) is 24.7. The molecule has 2 aromatic heterocycles. The van der Waals surface area contributed by atoms with E-state index < -0.39 is 5.82 Å². The summed E-state index contributed by atoms with van der Waals surface area (Å²) in [6, 6.07) is 8.06. The van der Waals surface area contributed by atoms with E-state index in [1.54, 1.807) is 6.07 Å². The van der Waals surface area contributed by atoms with Gasteiger partial charge in [0.2, 0.25) is 11.6 Å². The lowest BCUT2D eigenvalue weighted by atomic mass is 9.90. The molecule has 214 valence electrons. The molecule has 0 amide bonds. The van der Waals surface area contributed by atoms with Gasteiger partial charge in [0.05, 0.1) is 53.0 Å². The molecule has 1 unspecified atom stereocenters. The van der Waals surface area contributed by atoms with Crippen molar-refractivity contribution < 1.29 is 18.4 Å². The molecule has 4 aliphatic rings. The number of benzene rings is 2. The number of hydrogen-bond donors (Lipinski definition) is 2. The lowest BCUT2D eigenvalue weighted by Crippen LogP contribution is -2.48. The molecule has 4 aliphatic heterocycles. The Balaban J connectivity index is 1.41. The van der Waals surface area contributed by atoms with Gasteiger partial charge >= 0.3 is 0 Å². The molecule has 0 aliphatic carbocycles. The molecule has 2 atom stereocenters. The van der Waals surface area contributed by atoms with E-state index in [9.17, 15) is 9.65 Å². The van der Waals surface area contributed by atoms with E-state index >= 15 is 0 Å². The molecule has 0 radical (unpaired) electrons. The van der Waals surface area contributed by atoms with Gasteiger partial charge in [-0.15, -0.1) is 11.3 Å². The number of hydrogen-bond acceptors (Lipinski definition) is 8. The number of nitrogens with zero attached hydrogens (tertiary/aromatic N) is 4. The fourth-order valence-corrected chi connectivity index (χ4v) is 8.37. The summed E-state index contributed by atoms with van der Waals surface area (Å²) in [5.41, 5.74) is 12.8.